The average molecular weight is 194 g/mol. The van der Waals surface area contributed by atoms with Crippen molar-refractivity contribution < 1.29 is 9.90 Å². The maximum Gasteiger partial charge on any atom is 0.193 e. The first-order chi connectivity index (χ1) is 6.33. The molecule has 1 aliphatic rings. The summed E-state index contributed by atoms with van der Waals surface area (Å²) in [6.45, 7) is 0. The van der Waals surface area contributed by atoms with E-state index in [9.17, 15) is 4.79 Å². The van der Waals surface area contributed by atoms with Crippen LogP contribution >= 0.6 is 11.3 Å². The van der Waals surface area contributed by atoms with Crippen LogP contribution in [0.4, 0.5) is 0 Å². The van der Waals surface area contributed by atoms with E-state index in [1.54, 1.807) is 11.3 Å². The van der Waals surface area contributed by atoms with Crippen LogP contribution in [0.15, 0.2) is 23.3 Å². The maximum atomic E-state index is 11.7. The van der Waals surface area contributed by atoms with Gasteiger partial charge in [-0.15, -0.1) is 11.3 Å². The molecule has 1 heterocycles. The molecule has 1 aliphatic carbocycles. The van der Waals surface area contributed by atoms with Crippen LogP contribution in [0, 0.1) is 0 Å². The summed E-state index contributed by atoms with van der Waals surface area (Å²) in [4.78, 5) is 12.9. The van der Waals surface area contributed by atoms with Gasteiger partial charge in [0.1, 0.15) is 0 Å². The van der Waals surface area contributed by atoms with Gasteiger partial charge in [0.25, 0.3) is 0 Å². The standard InChI is InChI=1S/C10H10O2S/c11-6-7-2-1-3-9-8(10(7)12)4-5-13-9/h4-6,11H,1-3H2. The zero-order valence-electron chi connectivity index (χ0n) is 7.12. The number of aliphatic hydroxyl groups is 1. The molecule has 0 saturated carbocycles. The molecule has 13 heavy (non-hydrogen) atoms. The summed E-state index contributed by atoms with van der Waals surface area (Å²) in [7, 11) is 0. The van der Waals surface area contributed by atoms with Crippen LogP contribution < -0.4 is 0 Å². The van der Waals surface area contributed by atoms with Gasteiger partial charge in [0.2, 0.25) is 0 Å². The second-order valence-corrected chi connectivity index (χ2v) is 4.10. The third-order valence-electron chi connectivity index (χ3n) is 2.29. The van der Waals surface area contributed by atoms with Crippen molar-refractivity contribution in [1.82, 2.24) is 0 Å². The molecular formula is C10H10O2S. The average Bonchev–Trinajstić information content (AvgIpc) is 2.54. The minimum atomic E-state index is -0.00347. The predicted octanol–water partition coefficient (Wildman–Crippen LogP) is 2.71. The van der Waals surface area contributed by atoms with E-state index in [1.165, 1.54) is 0 Å². The van der Waals surface area contributed by atoms with Crippen LogP contribution in [0.1, 0.15) is 28.1 Å². The summed E-state index contributed by atoms with van der Waals surface area (Å²) < 4.78 is 0. The van der Waals surface area contributed by atoms with E-state index in [-0.39, 0.29) is 5.78 Å². The molecule has 0 spiro atoms. The Labute approximate surface area is 80.5 Å². The van der Waals surface area contributed by atoms with Gasteiger partial charge in [-0.05, 0) is 30.7 Å². The van der Waals surface area contributed by atoms with E-state index in [4.69, 9.17) is 5.11 Å². The fourth-order valence-electron chi connectivity index (χ4n) is 1.59. The Morgan fingerprint density at radius 2 is 2.31 bits per heavy atom. The SMILES string of the molecule is O=C1C(=CO)CCCc2sccc21. The van der Waals surface area contributed by atoms with Crippen LogP contribution in [0.3, 0.4) is 0 Å². The van der Waals surface area contributed by atoms with Crippen molar-refractivity contribution in [2.75, 3.05) is 0 Å². The van der Waals surface area contributed by atoms with E-state index < -0.39 is 0 Å². The van der Waals surface area contributed by atoms with Gasteiger partial charge in [-0.2, -0.15) is 0 Å². The summed E-state index contributed by atoms with van der Waals surface area (Å²) in [5.41, 5.74) is 1.32. The predicted molar refractivity (Wildman–Crippen MR) is 52.3 cm³/mol. The normalized spacial score (nSPS) is 20.0. The third kappa shape index (κ3) is 1.40. The van der Waals surface area contributed by atoms with Gasteiger partial charge in [-0.1, -0.05) is 0 Å². The lowest BCUT2D eigenvalue weighted by Gasteiger charge is -1.97. The third-order valence-corrected chi connectivity index (χ3v) is 3.27. The summed E-state index contributed by atoms with van der Waals surface area (Å²) in [6.07, 6.45) is 3.55. The lowest BCUT2D eigenvalue weighted by molar-refractivity contribution is 0.102. The molecule has 0 atom stereocenters. The first-order valence-corrected chi connectivity index (χ1v) is 5.15. The summed E-state index contributed by atoms with van der Waals surface area (Å²) in [5.74, 6) is -0.00347. The van der Waals surface area contributed by atoms with E-state index in [1.807, 2.05) is 11.4 Å². The molecule has 2 nitrogen and oxygen atoms in total. The number of carbonyl (C=O) groups is 1. The lowest BCUT2D eigenvalue weighted by atomic mass is 10.1. The van der Waals surface area contributed by atoms with Crippen LogP contribution in [-0.4, -0.2) is 10.9 Å². The quantitative estimate of drug-likeness (QED) is 0.391. The number of aliphatic hydroxyl groups excluding tert-OH is 1. The van der Waals surface area contributed by atoms with Crippen molar-refractivity contribution in [2.45, 2.75) is 19.3 Å². The summed E-state index contributed by atoms with van der Waals surface area (Å²) >= 11 is 1.63. The second kappa shape index (κ2) is 3.34. The Morgan fingerprint density at radius 1 is 1.46 bits per heavy atom. The number of Topliss-reactive ketones (excluding diaryl/α,β-unsaturated/α-hetero) is 1. The summed E-state index contributed by atoms with van der Waals surface area (Å²) in [6, 6.07) is 1.84. The Balaban J connectivity index is 2.46. The first kappa shape index (κ1) is 8.51. The second-order valence-electron chi connectivity index (χ2n) is 3.09. The molecule has 0 amide bonds. The van der Waals surface area contributed by atoms with Crippen LogP contribution in [0.5, 0.6) is 0 Å². The molecule has 0 saturated heterocycles. The largest absolute Gasteiger partial charge is 0.515 e. The fraction of sp³-hybridized carbons (Fsp3) is 0.300. The van der Waals surface area contributed by atoms with Gasteiger partial charge in [0.05, 0.1) is 6.26 Å². The van der Waals surface area contributed by atoms with Crippen molar-refractivity contribution in [2.24, 2.45) is 0 Å². The van der Waals surface area contributed by atoms with E-state index in [2.05, 4.69) is 0 Å². The Hall–Kier alpha value is -1.09. The highest BCUT2D eigenvalue weighted by atomic mass is 32.1. The van der Waals surface area contributed by atoms with Gasteiger partial charge in [-0.3, -0.25) is 4.79 Å². The molecule has 0 fully saturated rings. The Morgan fingerprint density at radius 3 is 3.08 bits per heavy atom. The van der Waals surface area contributed by atoms with Crippen molar-refractivity contribution in [1.29, 1.82) is 0 Å². The number of ketones is 1. The number of thiophene rings is 1. The number of carbonyl (C=O) groups excluding carboxylic acids is 1. The van der Waals surface area contributed by atoms with Crippen molar-refractivity contribution in [3.05, 3.63) is 33.7 Å². The Kier molecular flexibility index (Phi) is 2.19. The number of fused-ring (bicyclic) bond motifs is 1. The van der Waals surface area contributed by atoms with Crippen molar-refractivity contribution in [3.8, 4) is 0 Å². The van der Waals surface area contributed by atoms with Crippen LogP contribution in [0.25, 0.3) is 0 Å². The number of aryl methyl sites for hydroxylation is 1. The molecule has 1 N–H and O–H groups in total. The van der Waals surface area contributed by atoms with E-state index >= 15 is 0 Å². The highest BCUT2D eigenvalue weighted by Gasteiger charge is 2.20. The molecule has 0 aliphatic heterocycles. The molecule has 0 radical (unpaired) electrons. The van der Waals surface area contributed by atoms with Gasteiger partial charge in [-0.25, -0.2) is 0 Å². The first-order valence-electron chi connectivity index (χ1n) is 4.27. The minimum absolute atomic E-state index is 0.00347. The van der Waals surface area contributed by atoms with Crippen molar-refractivity contribution in [3.63, 3.8) is 0 Å². The van der Waals surface area contributed by atoms with Crippen LogP contribution in [-0.2, 0) is 6.42 Å². The zero-order chi connectivity index (χ0) is 9.26. The highest BCUT2D eigenvalue weighted by molar-refractivity contribution is 7.10. The zero-order valence-corrected chi connectivity index (χ0v) is 7.93. The minimum Gasteiger partial charge on any atom is -0.515 e. The summed E-state index contributed by atoms with van der Waals surface area (Å²) in [5, 5.41) is 10.8. The monoisotopic (exact) mass is 194 g/mol. The number of allylic oxidation sites excluding steroid dienone is 1. The number of rotatable bonds is 0. The molecular weight excluding hydrogens is 184 g/mol. The smallest absolute Gasteiger partial charge is 0.193 e. The molecule has 3 heteroatoms. The topological polar surface area (TPSA) is 37.3 Å². The van der Waals surface area contributed by atoms with Gasteiger partial charge < -0.3 is 5.11 Å². The highest BCUT2D eigenvalue weighted by Crippen LogP contribution is 2.27. The van der Waals surface area contributed by atoms with Gasteiger partial charge >= 0.3 is 0 Å². The number of hydrogen-bond acceptors (Lipinski definition) is 3. The molecule has 1 aromatic heterocycles. The van der Waals surface area contributed by atoms with Gasteiger partial charge in [0.15, 0.2) is 5.78 Å². The maximum absolute atomic E-state index is 11.7. The van der Waals surface area contributed by atoms with Gasteiger partial charge in [0, 0.05) is 16.0 Å². The number of hydrogen-bond donors (Lipinski definition) is 1. The van der Waals surface area contributed by atoms with E-state index in [0.717, 1.165) is 29.5 Å². The van der Waals surface area contributed by atoms with Crippen LogP contribution in [0.2, 0.25) is 0 Å². The van der Waals surface area contributed by atoms with Crippen molar-refractivity contribution >= 4 is 17.1 Å². The fourth-order valence-corrected chi connectivity index (χ4v) is 2.50. The molecule has 0 aromatic carbocycles. The molecule has 1 aromatic rings. The lowest BCUT2D eigenvalue weighted by Crippen LogP contribution is -2.01. The Bertz CT molecular complexity index is 363. The molecule has 0 bridgehead atoms. The molecule has 2 rings (SSSR count). The van der Waals surface area contributed by atoms with E-state index in [0.29, 0.717) is 12.0 Å². The molecule has 0 unspecified atom stereocenters. The molecule has 68 valence electrons.